The topological polar surface area (TPSA) is 21.3 Å². The van der Waals surface area contributed by atoms with Crippen molar-refractivity contribution in [3.8, 4) is 0 Å². The Bertz CT molecular complexity index is 358. The summed E-state index contributed by atoms with van der Waals surface area (Å²) in [6, 6.07) is 6.03. The maximum absolute atomic E-state index is 6.17. The number of likely N-dealkylation sites (N-methyl/N-ethyl adjacent to an activating group) is 1. The van der Waals surface area contributed by atoms with Gasteiger partial charge in [0.25, 0.3) is 0 Å². The average Bonchev–Trinajstić information content (AvgIpc) is 2.35. The van der Waals surface area contributed by atoms with Gasteiger partial charge >= 0.3 is 0 Å². The highest BCUT2D eigenvalue weighted by atomic mass is 35.5. The Morgan fingerprint density at radius 2 is 2.06 bits per heavy atom. The van der Waals surface area contributed by atoms with Crippen LogP contribution < -0.4 is 5.32 Å². The van der Waals surface area contributed by atoms with Gasteiger partial charge in [0.15, 0.2) is 0 Å². The number of nitrogens with one attached hydrogen (secondary N) is 1. The normalized spacial score (nSPS) is 12.7. The lowest BCUT2D eigenvalue weighted by atomic mass is 10.0. The van der Waals surface area contributed by atoms with Gasteiger partial charge in [-0.1, -0.05) is 36.2 Å². The van der Waals surface area contributed by atoms with Crippen molar-refractivity contribution in [3.05, 3.63) is 33.8 Å². The van der Waals surface area contributed by atoms with E-state index in [9.17, 15) is 0 Å². The van der Waals surface area contributed by atoms with Crippen LogP contribution in [-0.2, 0) is 11.2 Å². The molecule has 0 fully saturated rings. The number of rotatable bonds is 8. The molecule has 1 atom stereocenters. The van der Waals surface area contributed by atoms with Crippen LogP contribution in [0.5, 0.6) is 0 Å². The summed E-state index contributed by atoms with van der Waals surface area (Å²) in [4.78, 5) is 0. The second-order valence-electron chi connectivity index (χ2n) is 4.33. The van der Waals surface area contributed by atoms with Crippen molar-refractivity contribution in [2.45, 2.75) is 32.2 Å². The van der Waals surface area contributed by atoms with Crippen LogP contribution >= 0.6 is 23.2 Å². The summed E-state index contributed by atoms with van der Waals surface area (Å²) in [5, 5.41) is 4.71. The van der Waals surface area contributed by atoms with Gasteiger partial charge in [0, 0.05) is 29.3 Å². The molecule has 2 nitrogen and oxygen atoms in total. The third kappa shape index (κ3) is 5.57. The first kappa shape index (κ1) is 15.8. The fourth-order valence-corrected chi connectivity index (χ4v) is 2.26. The molecular weight excluding hydrogens is 269 g/mol. The van der Waals surface area contributed by atoms with E-state index in [1.165, 1.54) is 0 Å². The predicted molar refractivity (Wildman–Crippen MR) is 78.7 cm³/mol. The molecule has 4 heteroatoms. The summed E-state index contributed by atoms with van der Waals surface area (Å²) in [7, 11) is 1.97. The molecule has 0 heterocycles. The summed E-state index contributed by atoms with van der Waals surface area (Å²) in [5.41, 5.74) is 1.12. The molecule has 0 amide bonds. The highest BCUT2D eigenvalue weighted by Crippen LogP contribution is 2.22. The second kappa shape index (κ2) is 8.76. The first-order chi connectivity index (χ1) is 8.67. The first-order valence-corrected chi connectivity index (χ1v) is 7.12. The van der Waals surface area contributed by atoms with Gasteiger partial charge in [-0.15, -0.1) is 0 Å². The molecule has 1 aromatic rings. The van der Waals surface area contributed by atoms with E-state index in [0.717, 1.165) is 43.1 Å². The summed E-state index contributed by atoms with van der Waals surface area (Å²) in [6.45, 7) is 3.73. The Balaban J connectivity index is 2.46. The van der Waals surface area contributed by atoms with Gasteiger partial charge in [-0.25, -0.2) is 0 Å². The van der Waals surface area contributed by atoms with Crippen LogP contribution in [0.3, 0.4) is 0 Å². The van der Waals surface area contributed by atoms with E-state index in [0.29, 0.717) is 11.1 Å². The Hall–Kier alpha value is -0.280. The molecule has 1 unspecified atom stereocenters. The van der Waals surface area contributed by atoms with Crippen molar-refractivity contribution in [2.24, 2.45) is 0 Å². The van der Waals surface area contributed by atoms with E-state index in [2.05, 4.69) is 12.2 Å². The third-order valence-electron chi connectivity index (χ3n) is 2.85. The lowest BCUT2D eigenvalue weighted by Gasteiger charge is -2.17. The van der Waals surface area contributed by atoms with E-state index < -0.39 is 0 Å². The maximum Gasteiger partial charge on any atom is 0.0480 e. The highest BCUT2D eigenvalue weighted by molar-refractivity contribution is 6.35. The van der Waals surface area contributed by atoms with Crippen molar-refractivity contribution in [3.63, 3.8) is 0 Å². The molecule has 0 spiro atoms. The van der Waals surface area contributed by atoms with Gasteiger partial charge in [-0.3, -0.25) is 0 Å². The maximum atomic E-state index is 6.17. The van der Waals surface area contributed by atoms with Crippen LogP contribution in [-0.4, -0.2) is 26.3 Å². The number of ether oxygens (including phenoxy) is 1. The van der Waals surface area contributed by atoms with Crippen LogP contribution in [0.1, 0.15) is 25.3 Å². The van der Waals surface area contributed by atoms with Crippen LogP contribution in [0.25, 0.3) is 0 Å². The molecule has 0 aliphatic rings. The van der Waals surface area contributed by atoms with Gasteiger partial charge in [-0.05, 0) is 44.0 Å². The Labute approximate surface area is 120 Å². The summed E-state index contributed by atoms with van der Waals surface area (Å²) in [5.74, 6) is 0. The zero-order valence-corrected chi connectivity index (χ0v) is 12.5. The molecule has 0 radical (unpaired) electrons. The SMILES string of the molecule is CCCOCCC(Cc1ccc(Cl)cc1Cl)NC. The van der Waals surface area contributed by atoms with Crippen molar-refractivity contribution in [1.82, 2.24) is 5.32 Å². The van der Waals surface area contributed by atoms with E-state index >= 15 is 0 Å². The number of hydrogen-bond donors (Lipinski definition) is 1. The smallest absolute Gasteiger partial charge is 0.0480 e. The second-order valence-corrected chi connectivity index (χ2v) is 5.17. The van der Waals surface area contributed by atoms with Crippen LogP contribution in [0.4, 0.5) is 0 Å². The average molecular weight is 290 g/mol. The largest absolute Gasteiger partial charge is 0.381 e. The highest BCUT2D eigenvalue weighted by Gasteiger charge is 2.10. The predicted octanol–water partition coefficient (Wildman–Crippen LogP) is 3.94. The Morgan fingerprint density at radius 3 is 2.67 bits per heavy atom. The summed E-state index contributed by atoms with van der Waals surface area (Å²) >= 11 is 12.1. The molecule has 0 aromatic heterocycles. The minimum Gasteiger partial charge on any atom is -0.381 e. The van der Waals surface area contributed by atoms with E-state index in [1.807, 2.05) is 19.2 Å². The molecule has 1 rings (SSSR count). The van der Waals surface area contributed by atoms with Gasteiger partial charge in [0.05, 0.1) is 0 Å². The van der Waals surface area contributed by atoms with Crippen LogP contribution in [0, 0.1) is 0 Å². The lowest BCUT2D eigenvalue weighted by Crippen LogP contribution is -2.29. The minimum atomic E-state index is 0.375. The van der Waals surface area contributed by atoms with Gasteiger partial charge in [0.1, 0.15) is 0 Å². The zero-order valence-electron chi connectivity index (χ0n) is 11.0. The molecule has 0 saturated heterocycles. The molecule has 0 bridgehead atoms. The molecule has 18 heavy (non-hydrogen) atoms. The number of benzene rings is 1. The number of halogens is 2. The quantitative estimate of drug-likeness (QED) is 0.732. The van der Waals surface area contributed by atoms with Crippen molar-refractivity contribution >= 4 is 23.2 Å². The lowest BCUT2D eigenvalue weighted by molar-refractivity contribution is 0.125. The third-order valence-corrected chi connectivity index (χ3v) is 3.44. The monoisotopic (exact) mass is 289 g/mol. The molecule has 1 aromatic carbocycles. The number of hydrogen-bond acceptors (Lipinski definition) is 2. The van der Waals surface area contributed by atoms with Crippen molar-refractivity contribution in [1.29, 1.82) is 0 Å². The summed E-state index contributed by atoms with van der Waals surface area (Å²) in [6.07, 6.45) is 2.94. The fourth-order valence-electron chi connectivity index (χ4n) is 1.77. The van der Waals surface area contributed by atoms with Crippen molar-refractivity contribution < 1.29 is 4.74 Å². The van der Waals surface area contributed by atoms with Gasteiger partial charge in [-0.2, -0.15) is 0 Å². The van der Waals surface area contributed by atoms with E-state index in [1.54, 1.807) is 6.07 Å². The Kier molecular flexibility index (Phi) is 7.68. The molecular formula is C14H21Cl2NO. The summed E-state index contributed by atoms with van der Waals surface area (Å²) < 4.78 is 5.51. The fraction of sp³-hybridized carbons (Fsp3) is 0.571. The molecule has 102 valence electrons. The standard InChI is InChI=1S/C14H21Cl2NO/c1-3-7-18-8-6-13(17-2)9-11-4-5-12(15)10-14(11)16/h4-5,10,13,17H,3,6-9H2,1-2H3. The van der Waals surface area contributed by atoms with Gasteiger partial charge in [0.2, 0.25) is 0 Å². The van der Waals surface area contributed by atoms with E-state index in [-0.39, 0.29) is 0 Å². The molecule has 0 saturated carbocycles. The van der Waals surface area contributed by atoms with Gasteiger partial charge < -0.3 is 10.1 Å². The van der Waals surface area contributed by atoms with Crippen molar-refractivity contribution in [2.75, 3.05) is 20.3 Å². The molecule has 0 aliphatic carbocycles. The minimum absolute atomic E-state index is 0.375. The molecule has 0 aliphatic heterocycles. The Morgan fingerprint density at radius 1 is 1.28 bits per heavy atom. The molecule has 1 N–H and O–H groups in total. The van der Waals surface area contributed by atoms with E-state index in [4.69, 9.17) is 27.9 Å². The first-order valence-electron chi connectivity index (χ1n) is 6.36. The zero-order chi connectivity index (χ0) is 13.4. The van der Waals surface area contributed by atoms with Crippen LogP contribution in [0.15, 0.2) is 18.2 Å². The van der Waals surface area contributed by atoms with Crippen LogP contribution in [0.2, 0.25) is 10.0 Å².